The average molecular weight is 416 g/mol. The minimum Gasteiger partial charge on any atom is -0.355 e. The Morgan fingerprint density at radius 3 is 2.38 bits per heavy atom. The normalized spacial score (nSPS) is 11.9. The minimum atomic E-state index is -4.80. The fraction of sp³-hybridized carbons (Fsp3) is 0.429. The first-order valence-electron chi connectivity index (χ1n) is 7.37. The van der Waals surface area contributed by atoms with Crippen molar-refractivity contribution in [2.75, 3.05) is 19.6 Å². The maximum atomic E-state index is 12.8. The predicted molar refractivity (Wildman–Crippen MR) is 88.0 cm³/mol. The summed E-state index contributed by atoms with van der Waals surface area (Å²) in [6.45, 7) is 1.49. The molecule has 7 nitrogen and oxygen atoms in total. The number of nitrogens with one attached hydrogen (secondary N) is 3. The number of likely N-dealkylation sites (N-methyl/N-ethyl adjacent to an activating group) is 1. The molecule has 1 aromatic carbocycles. The number of hydrogen-bond donors (Lipinski definition) is 3. The number of carbonyl (C=O) groups excluding carboxylic acids is 2. The van der Waals surface area contributed by atoms with Crippen molar-refractivity contribution in [1.82, 2.24) is 15.4 Å². The highest BCUT2D eigenvalue weighted by atomic mass is 35.5. The summed E-state index contributed by atoms with van der Waals surface area (Å²) in [5.74, 6) is -0.992. The highest BCUT2D eigenvalue weighted by Crippen LogP contribution is 2.35. The SMILES string of the molecule is CCNC(=O)CNC(=O)CCNS(=O)(=O)c1ccc(Cl)c(C(F)(F)F)c1. The van der Waals surface area contributed by atoms with E-state index in [0.717, 1.165) is 12.1 Å². The molecule has 0 atom stereocenters. The van der Waals surface area contributed by atoms with Gasteiger partial charge in [-0.1, -0.05) is 11.6 Å². The average Bonchev–Trinajstić information content (AvgIpc) is 2.52. The van der Waals surface area contributed by atoms with Crippen LogP contribution in [-0.4, -0.2) is 39.9 Å². The summed E-state index contributed by atoms with van der Waals surface area (Å²) in [5, 5.41) is 4.11. The lowest BCUT2D eigenvalue weighted by Gasteiger charge is -2.12. The molecular formula is C14H17ClF3N3O4S. The van der Waals surface area contributed by atoms with Crippen LogP contribution in [0.5, 0.6) is 0 Å². The van der Waals surface area contributed by atoms with Crippen molar-refractivity contribution >= 4 is 33.4 Å². The highest BCUT2D eigenvalue weighted by molar-refractivity contribution is 7.89. The van der Waals surface area contributed by atoms with Crippen LogP contribution in [0.4, 0.5) is 13.2 Å². The van der Waals surface area contributed by atoms with Crippen LogP contribution >= 0.6 is 11.6 Å². The lowest BCUT2D eigenvalue weighted by Crippen LogP contribution is -2.38. The van der Waals surface area contributed by atoms with Gasteiger partial charge < -0.3 is 10.6 Å². The first kappa shape index (κ1) is 22.2. The lowest BCUT2D eigenvalue weighted by atomic mass is 10.2. The Morgan fingerprint density at radius 1 is 1.15 bits per heavy atom. The van der Waals surface area contributed by atoms with Crippen LogP contribution < -0.4 is 15.4 Å². The molecule has 146 valence electrons. The Bertz CT molecular complexity index is 769. The van der Waals surface area contributed by atoms with Gasteiger partial charge in [0.15, 0.2) is 0 Å². The molecule has 0 saturated heterocycles. The number of alkyl halides is 3. The van der Waals surface area contributed by atoms with Crippen LogP contribution in [0.15, 0.2) is 23.1 Å². The molecule has 12 heteroatoms. The Kier molecular flexibility index (Phi) is 7.85. The Morgan fingerprint density at radius 2 is 1.81 bits per heavy atom. The van der Waals surface area contributed by atoms with E-state index in [9.17, 15) is 31.2 Å². The first-order valence-corrected chi connectivity index (χ1v) is 9.23. The van der Waals surface area contributed by atoms with Crippen LogP contribution in [-0.2, 0) is 25.8 Å². The number of carbonyl (C=O) groups is 2. The van der Waals surface area contributed by atoms with Crippen LogP contribution in [0.25, 0.3) is 0 Å². The fourth-order valence-electron chi connectivity index (χ4n) is 1.80. The second kappa shape index (κ2) is 9.19. The number of sulfonamides is 1. The number of halogens is 4. The van der Waals surface area contributed by atoms with Crippen molar-refractivity contribution in [2.24, 2.45) is 0 Å². The summed E-state index contributed by atoms with van der Waals surface area (Å²) in [6, 6.07) is 2.17. The largest absolute Gasteiger partial charge is 0.417 e. The molecule has 0 aliphatic heterocycles. The molecule has 1 rings (SSSR count). The smallest absolute Gasteiger partial charge is 0.355 e. The zero-order valence-electron chi connectivity index (χ0n) is 13.6. The van der Waals surface area contributed by atoms with Gasteiger partial charge in [0.05, 0.1) is 22.0 Å². The number of benzene rings is 1. The fourth-order valence-corrected chi connectivity index (χ4v) is 3.08. The van der Waals surface area contributed by atoms with Gasteiger partial charge in [0, 0.05) is 19.5 Å². The van der Waals surface area contributed by atoms with Gasteiger partial charge in [-0.3, -0.25) is 9.59 Å². The quantitative estimate of drug-likeness (QED) is 0.595. The van der Waals surface area contributed by atoms with Gasteiger partial charge in [0.1, 0.15) is 0 Å². The molecule has 0 radical (unpaired) electrons. The van der Waals surface area contributed by atoms with Gasteiger partial charge in [0.25, 0.3) is 0 Å². The van der Waals surface area contributed by atoms with Gasteiger partial charge in [-0.05, 0) is 25.1 Å². The molecule has 0 aromatic heterocycles. The molecular weight excluding hydrogens is 399 g/mol. The molecule has 0 aliphatic carbocycles. The van der Waals surface area contributed by atoms with E-state index in [-0.39, 0.29) is 19.5 Å². The summed E-state index contributed by atoms with van der Waals surface area (Å²) < 4.78 is 64.5. The van der Waals surface area contributed by atoms with Gasteiger partial charge in [-0.2, -0.15) is 13.2 Å². The molecule has 1 aromatic rings. The van der Waals surface area contributed by atoms with Crippen LogP contribution in [0.3, 0.4) is 0 Å². The van der Waals surface area contributed by atoms with Crippen molar-refractivity contribution in [2.45, 2.75) is 24.4 Å². The second-order valence-electron chi connectivity index (χ2n) is 5.02. The van der Waals surface area contributed by atoms with Gasteiger partial charge in [0.2, 0.25) is 21.8 Å². The van der Waals surface area contributed by atoms with Crippen molar-refractivity contribution in [3.8, 4) is 0 Å². The zero-order chi connectivity index (χ0) is 20.0. The van der Waals surface area contributed by atoms with Gasteiger partial charge in [-0.25, -0.2) is 13.1 Å². The highest BCUT2D eigenvalue weighted by Gasteiger charge is 2.34. The van der Waals surface area contributed by atoms with E-state index < -0.39 is 43.5 Å². The van der Waals surface area contributed by atoms with E-state index in [1.165, 1.54) is 0 Å². The molecule has 0 aliphatic rings. The molecule has 0 saturated carbocycles. The van der Waals surface area contributed by atoms with E-state index in [4.69, 9.17) is 11.6 Å². The third kappa shape index (κ3) is 6.81. The van der Waals surface area contributed by atoms with E-state index in [0.29, 0.717) is 12.6 Å². The summed E-state index contributed by atoms with van der Waals surface area (Å²) in [5.41, 5.74) is -1.28. The van der Waals surface area contributed by atoms with E-state index >= 15 is 0 Å². The Hall–Kier alpha value is -1.85. The zero-order valence-corrected chi connectivity index (χ0v) is 15.2. The maximum absolute atomic E-state index is 12.8. The molecule has 26 heavy (non-hydrogen) atoms. The molecule has 0 unspecified atom stereocenters. The topological polar surface area (TPSA) is 104 Å². The summed E-state index contributed by atoms with van der Waals surface area (Å²) in [4.78, 5) is 22.1. The van der Waals surface area contributed by atoms with Gasteiger partial charge >= 0.3 is 6.18 Å². The summed E-state index contributed by atoms with van der Waals surface area (Å²) in [6.07, 6.45) is -5.10. The molecule has 0 fully saturated rings. The molecule has 0 spiro atoms. The summed E-state index contributed by atoms with van der Waals surface area (Å²) in [7, 11) is -4.26. The Labute approximate surface area is 153 Å². The number of hydrogen-bond acceptors (Lipinski definition) is 4. The predicted octanol–water partition coefficient (Wildman–Crippen LogP) is 1.28. The van der Waals surface area contributed by atoms with Crippen LogP contribution in [0.2, 0.25) is 5.02 Å². The molecule has 3 N–H and O–H groups in total. The van der Waals surface area contributed by atoms with E-state index in [1.807, 2.05) is 4.72 Å². The Balaban J connectivity index is 2.65. The van der Waals surface area contributed by atoms with E-state index in [1.54, 1.807) is 6.92 Å². The second-order valence-corrected chi connectivity index (χ2v) is 7.19. The van der Waals surface area contributed by atoms with E-state index in [2.05, 4.69) is 10.6 Å². The molecule has 0 heterocycles. The van der Waals surface area contributed by atoms with Crippen LogP contribution in [0, 0.1) is 0 Å². The van der Waals surface area contributed by atoms with Crippen molar-refractivity contribution in [3.05, 3.63) is 28.8 Å². The lowest BCUT2D eigenvalue weighted by molar-refractivity contribution is -0.137. The standard InChI is InChI=1S/C14H17ClF3N3O4S/c1-2-19-13(23)8-20-12(22)5-6-21-26(24,25)9-3-4-11(15)10(7-9)14(16,17)18/h3-4,7,21H,2,5-6,8H2,1H3,(H,19,23)(H,20,22). The van der Waals surface area contributed by atoms with Gasteiger partial charge in [-0.15, -0.1) is 0 Å². The third-order valence-electron chi connectivity index (χ3n) is 3.02. The minimum absolute atomic E-state index is 0.258. The maximum Gasteiger partial charge on any atom is 0.417 e. The first-order chi connectivity index (χ1) is 12.0. The van der Waals surface area contributed by atoms with Crippen molar-refractivity contribution in [3.63, 3.8) is 0 Å². The number of amides is 2. The van der Waals surface area contributed by atoms with Crippen LogP contribution in [0.1, 0.15) is 18.9 Å². The third-order valence-corrected chi connectivity index (χ3v) is 4.81. The molecule has 0 bridgehead atoms. The summed E-state index contributed by atoms with van der Waals surface area (Å²) >= 11 is 5.44. The molecule has 2 amide bonds. The monoisotopic (exact) mass is 415 g/mol. The van der Waals surface area contributed by atoms with Crippen molar-refractivity contribution in [1.29, 1.82) is 0 Å². The van der Waals surface area contributed by atoms with Crippen molar-refractivity contribution < 1.29 is 31.2 Å². The number of rotatable bonds is 8.